The molecule has 29 heavy (non-hydrogen) atoms. The Balaban J connectivity index is 2.55. The van der Waals surface area contributed by atoms with E-state index >= 15 is 0 Å². The number of carboxylic acid groups (broad SMARTS) is 1. The van der Waals surface area contributed by atoms with Crippen molar-refractivity contribution in [3.05, 3.63) is 0 Å². The highest BCUT2D eigenvalue weighted by Gasteiger charge is 2.59. The average molecular weight is 409 g/mol. The van der Waals surface area contributed by atoms with Gasteiger partial charge in [-0.25, -0.2) is 0 Å². The summed E-state index contributed by atoms with van der Waals surface area (Å²) in [6.07, 6.45) is 9.80. The monoisotopic (exact) mass is 408 g/mol. The maximum Gasteiger partial charge on any atom is 0.313 e. The smallest absolute Gasteiger partial charge is 0.313 e. The highest BCUT2D eigenvalue weighted by atomic mass is 16.5. The lowest BCUT2D eigenvalue weighted by atomic mass is 9.54. The van der Waals surface area contributed by atoms with Gasteiger partial charge in [0.25, 0.3) is 0 Å². The predicted molar refractivity (Wildman–Crippen MR) is 117 cm³/mol. The largest absolute Gasteiger partial charge is 0.481 e. The van der Waals surface area contributed by atoms with Crippen molar-refractivity contribution in [3.8, 4) is 0 Å². The van der Waals surface area contributed by atoms with Crippen LogP contribution in [0.15, 0.2) is 0 Å². The molecule has 0 aromatic rings. The molecule has 2 unspecified atom stereocenters. The van der Waals surface area contributed by atoms with E-state index in [-0.39, 0.29) is 28.6 Å². The summed E-state index contributed by atoms with van der Waals surface area (Å²) in [6.45, 7) is 12.9. The molecule has 2 aliphatic rings. The molecule has 2 aliphatic carbocycles. The molecule has 4 heteroatoms. The van der Waals surface area contributed by atoms with Crippen LogP contribution in [0.5, 0.6) is 0 Å². The lowest BCUT2D eigenvalue weighted by Gasteiger charge is -2.49. The molecule has 0 aromatic carbocycles. The molecule has 0 spiro atoms. The van der Waals surface area contributed by atoms with Crippen LogP contribution < -0.4 is 0 Å². The number of hydrogen-bond donors (Lipinski definition) is 1. The quantitative estimate of drug-likeness (QED) is 0.490. The van der Waals surface area contributed by atoms with E-state index < -0.39 is 17.3 Å². The predicted octanol–water partition coefficient (Wildman–Crippen LogP) is 6.47. The minimum atomic E-state index is -0.926. The molecule has 0 radical (unpaired) electrons. The minimum Gasteiger partial charge on any atom is -0.481 e. The summed E-state index contributed by atoms with van der Waals surface area (Å²) < 4.78 is 5.96. The van der Waals surface area contributed by atoms with E-state index in [1.165, 1.54) is 6.42 Å². The average Bonchev–Trinajstić information content (AvgIpc) is 3.11. The van der Waals surface area contributed by atoms with E-state index in [1.807, 2.05) is 0 Å². The van der Waals surface area contributed by atoms with Crippen molar-refractivity contribution < 1.29 is 19.4 Å². The number of carbonyl (C=O) groups excluding carboxylic acids is 1. The molecule has 2 fully saturated rings. The molecular formula is C25H44O4. The first-order valence-electron chi connectivity index (χ1n) is 11.8. The van der Waals surface area contributed by atoms with Gasteiger partial charge in [0.15, 0.2) is 0 Å². The Labute approximate surface area is 178 Å². The molecule has 2 saturated carbocycles. The highest BCUT2D eigenvalue weighted by molar-refractivity contribution is 5.85. The molecule has 2 atom stereocenters. The van der Waals surface area contributed by atoms with Gasteiger partial charge in [-0.1, -0.05) is 73.6 Å². The van der Waals surface area contributed by atoms with E-state index in [4.69, 9.17) is 4.74 Å². The third-order valence-electron chi connectivity index (χ3n) is 6.87. The summed E-state index contributed by atoms with van der Waals surface area (Å²) in [6, 6.07) is 0. The van der Waals surface area contributed by atoms with E-state index in [1.54, 1.807) is 0 Å². The summed E-state index contributed by atoms with van der Waals surface area (Å²) in [4.78, 5) is 26.7. The number of rotatable bonds is 7. The third kappa shape index (κ3) is 6.21. The van der Waals surface area contributed by atoms with Crippen LogP contribution in [0.3, 0.4) is 0 Å². The number of carboxylic acids is 1. The van der Waals surface area contributed by atoms with Gasteiger partial charge < -0.3 is 9.84 Å². The van der Waals surface area contributed by atoms with Gasteiger partial charge in [-0.3, -0.25) is 9.59 Å². The Morgan fingerprint density at radius 3 is 1.83 bits per heavy atom. The zero-order valence-electron chi connectivity index (χ0n) is 19.7. The molecule has 0 heterocycles. The van der Waals surface area contributed by atoms with Gasteiger partial charge in [0.2, 0.25) is 0 Å². The van der Waals surface area contributed by atoms with Gasteiger partial charge in [0, 0.05) is 0 Å². The zero-order chi connectivity index (χ0) is 21.9. The van der Waals surface area contributed by atoms with Crippen LogP contribution in [0, 0.1) is 34.0 Å². The number of hydrogen-bond acceptors (Lipinski definition) is 3. The Bertz CT molecular complexity index is 556. The van der Waals surface area contributed by atoms with Crippen LogP contribution in [0.25, 0.3) is 0 Å². The van der Waals surface area contributed by atoms with Crippen LogP contribution in [0.1, 0.15) is 106 Å². The topological polar surface area (TPSA) is 63.6 Å². The van der Waals surface area contributed by atoms with Gasteiger partial charge in [-0.15, -0.1) is 0 Å². The lowest BCUT2D eigenvalue weighted by Crippen LogP contribution is -2.54. The zero-order valence-corrected chi connectivity index (χ0v) is 19.7. The Hall–Kier alpha value is -1.06. The van der Waals surface area contributed by atoms with E-state index in [2.05, 4.69) is 41.5 Å². The van der Waals surface area contributed by atoms with Gasteiger partial charge in [-0.05, 0) is 54.8 Å². The molecule has 0 bridgehead atoms. The summed E-state index contributed by atoms with van der Waals surface area (Å²) in [7, 11) is 0. The fourth-order valence-electron chi connectivity index (χ4n) is 5.92. The Morgan fingerprint density at radius 1 is 0.862 bits per heavy atom. The summed E-state index contributed by atoms with van der Waals surface area (Å²) in [5.41, 5.74) is -1.21. The SMILES string of the molecule is CC(C)(C)COC(=O)C(CC(C)(C)C)(C1CCCCC1)C(C(=O)O)C1CCCC1. The fraction of sp³-hybridized carbons (Fsp3) is 0.920. The maximum absolute atomic E-state index is 13.9. The first-order chi connectivity index (χ1) is 13.4. The van der Waals surface area contributed by atoms with E-state index in [0.717, 1.165) is 51.4 Å². The first-order valence-corrected chi connectivity index (χ1v) is 11.8. The molecule has 0 amide bonds. The van der Waals surface area contributed by atoms with Crippen LogP contribution in [0.2, 0.25) is 0 Å². The van der Waals surface area contributed by atoms with Crippen molar-refractivity contribution in [1.82, 2.24) is 0 Å². The number of esters is 1. The van der Waals surface area contributed by atoms with E-state index in [9.17, 15) is 14.7 Å². The molecule has 0 aliphatic heterocycles. The number of ether oxygens (including phenoxy) is 1. The summed E-state index contributed by atoms with van der Waals surface area (Å²) >= 11 is 0. The van der Waals surface area contributed by atoms with Crippen molar-refractivity contribution in [2.24, 2.45) is 34.0 Å². The third-order valence-corrected chi connectivity index (χ3v) is 6.87. The standard InChI is InChI=1S/C25H44O4/c1-23(2,3)16-25(19-14-8-7-9-15-19,22(28)29-17-24(4,5)6)20(21(26)27)18-12-10-11-13-18/h18-20H,7-17H2,1-6H3,(H,26,27). The van der Waals surface area contributed by atoms with Gasteiger partial charge in [-0.2, -0.15) is 0 Å². The van der Waals surface area contributed by atoms with Gasteiger partial charge in [0.1, 0.15) is 0 Å². The first kappa shape index (κ1) is 24.2. The van der Waals surface area contributed by atoms with Crippen molar-refractivity contribution in [2.45, 2.75) is 106 Å². The Kier molecular flexibility index (Phi) is 7.84. The van der Waals surface area contributed by atoms with Crippen molar-refractivity contribution in [3.63, 3.8) is 0 Å². The second-order valence-corrected chi connectivity index (χ2v) is 12.1. The molecule has 168 valence electrons. The number of aliphatic carboxylic acids is 1. The highest BCUT2D eigenvalue weighted by Crippen LogP contribution is 2.55. The van der Waals surface area contributed by atoms with Gasteiger partial charge in [0.05, 0.1) is 17.9 Å². The van der Waals surface area contributed by atoms with Crippen LogP contribution >= 0.6 is 0 Å². The Morgan fingerprint density at radius 2 is 1.38 bits per heavy atom. The second kappa shape index (κ2) is 9.39. The van der Waals surface area contributed by atoms with Crippen molar-refractivity contribution in [1.29, 1.82) is 0 Å². The summed E-state index contributed by atoms with van der Waals surface area (Å²) in [5, 5.41) is 10.5. The molecule has 0 saturated heterocycles. The minimum absolute atomic E-state index is 0.0824. The second-order valence-electron chi connectivity index (χ2n) is 12.1. The van der Waals surface area contributed by atoms with Crippen LogP contribution in [-0.4, -0.2) is 23.7 Å². The molecule has 1 N–H and O–H groups in total. The normalized spacial score (nSPS) is 22.8. The van der Waals surface area contributed by atoms with Gasteiger partial charge >= 0.3 is 11.9 Å². The molecule has 0 aromatic heterocycles. The van der Waals surface area contributed by atoms with Crippen LogP contribution in [-0.2, 0) is 14.3 Å². The van der Waals surface area contributed by atoms with Crippen molar-refractivity contribution >= 4 is 11.9 Å². The fourth-order valence-corrected chi connectivity index (χ4v) is 5.92. The summed E-state index contributed by atoms with van der Waals surface area (Å²) in [5.74, 6) is -1.49. The van der Waals surface area contributed by atoms with E-state index in [0.29, 0.717) is 13.0 Å². The molecular weight excluding hydrogens is 364 g/mol. The maximum atomic E-state index is 13.9. The number of carbonyl (C=O) groups is 2. The molecule has 2 rings (SSSR count). The van der Waals surface area contributed by atoms with Crippen LogP contribution in [0.4, 0.5) is 0 Å². The molecule has 4 nitrogen and oxygen atoms in total. The lowest BCUT2D eigenvalue weighted by molar-refractivity contribution is -0.183. The van der Waals surface area contributed by atoms with Crippen molar-refractivity contribution in [2.75, 3.05) is 6.61 Å².